The van der Waals surface area contributed by atoms with Crippen LogP contribution in [0.4, 0.5) is 16.2 Å². The summed E-state index contributed by atoms with van der Waals surface area (Å²) in [4.78, 5) is 22.0. The van der Waals surface area contributed by atoms with E-state index in [0.717, 1.165) is 60.1 Å². The number of fused-ring (bicyclic) bond motifs is 3. The number of aryl methyl sites for hydroxylation is 2. The number of anilines is 2. The van der Waals surface area contributed by atoms with Gasteiger partial charge in [-0.2, -0.15) is 0 Å². The van der Waals surface area contributed by atoms with Crippen LogP contribution in [0.5, 0.6) is 0 Å². The van der Waals surface area contributed by atoms with Gasteiger partial charge in [0, 0.05) is 35.5 Å². The van der Waals surface area contributed by atoms with Crippen molar-refractivity contribution in [1.82, 2.24) is 15.3 Å². The number of para-hydroxylation sites is 1. The first kappa shape index (κ1) is 23.5. The fourth-order valence-electron chi connectivity index (χ4n) is 4.74. The molecule has 0 spiro atoms. The number of aromatic nitrogens is 2. The Hall–Kier alpha value is -3.19. The zero-order valence-corrected chi connectivity index (χ0v) is 21.1. The van der Waals surface area contributed by atoms with Gasteiger partial charge in [-0.15, -0.1) is 11.3 Å². The highest BCUT2D eigenvalue weighted by Crippen LogP contribution is 2.33. The lowest BCUT2D eigenvalue weighted by atomic mass is 9.92. The largest absolute Gasteiger partial charge is 0.384 e. The van der Waals surface area contributed by atoms with Crippen molar-refractivity contribution >= 4 is 49.9 Å². The summed E-state index contributed by atoms with van der Waals surface area (Å²) in [7, 11) is 0. The maximum absolute atomic E-state index is 12.4. The highest BCUT2D eigenvalue weighted by Gasteiger charge is 2.17. The number of urea groups is 1. The van der Waals surface area contributed by atoms with E-state index in [1.165, 1.54) is 46.6 Å². The number of nitrogens with zero attached hydrogens (tertiary/aromatic N) is 2. The molecule has 35 heavy (non-hydrogen) atoms. The van der Waals surface area contributed by atoms with Crippen molar-refractivity contribution in [1.29, 1.82) is 0 Å². The Morgan fingerprint density at radius 3 is 2.80 bits per heavy atom. The van der Waals surface area contributed by atoms with Gasteiger partial charge < -0.3 is 16.0 Å². The minimum Gasteiger partial charge on any atom is -0.384 e. The molecule has 1 aliphatic rings. The third kappa shape index (κ3) is 5.56. The van der Waals surface area contributed by atoms with E-state index in [-0.39, 0.29) is 6.03 Å². The monoisotopic (exact) mass is 487 g/mol. The standard InChI is InChI=1S/C28H33N5OS/c1-2-3-13-26-33-24-15-14-19(18-25(24)35-26)31-28(34)30-17-8-16-29-27-20-9-4-6-11-22(20)32-23-12-7-5-10-21(23)27/h4,6,9,11,14-15,18H,2-3,5,7-8,10,12-13,16-17H2,1H3,(H,29,32)(H2,30,31,34). The van der Waals surface area contributed by atoms with Gasteiger partial charge in [0.25, 0.3) is 0 Å². The number of nitrogens with one attached hydrogen (secondary N) is 3. The number of thiazole rings is 1. The number of hydrogen-bond acceptors (Lipinski definition) is 5. The number of unbranched alkanes of at least 4 members (excludes halogenated alkanes) is 1. The van der Waals surface area contributed by atoms with Crippen LogP contribution in [0.2, 0.25) is 0 Å². The molecular weight excluding hydrogens is 454 g/mol. The van der Waals surface area contributed by atoms with E-state index in [1.807, 2.05) is 18.2 Å². The zero-order valence-electron chi connectivity index (χ0n) is 20.3. The van der Waals surface area contributed by atoms with Crippen LogP contribution in [0.25, 0.3) is 21.1 Å². The quantitative estimate of drug-likeness (QED) is 0.230. The lowest BCUT2D eigenvalue weighted by molar-refractivity contribution is 0.252. The SMILES string of the molecule is CCCCc1nc2ccc(NC(=O)NCCCNc3c4c(nc5ccccc35)CCCC4)cc2s1. The maximum Gasteiger partial charge on any atom is 0.319 e. The van der Waals surface area contributed by atoms with Crippen molar-refractivity contribution in [3.8, 4) is 0 Å². The summed E-state index contributed by atoms with van der Waals surface area (Å²) in [5.74, 6) is 0. The molecule has 4 aromatic rings. The fraction of sp³-hybridized carbons (Fsp3) is 0.393. The Morgan fingerprint density at radius 2 is 1.89 bits per heavy atom. The van der Waals surface area contributed by atoms with E-state index in [0.29, 0.717) is 6.54 Å². The number of pyridine rings is 1. The molecular formula is C28H33N5OS. The minimum absolute atomic E-state index is 0.174. The molecule has 2 aromatic carbocycles. The lowest BCUT2D eigenvalue weighted by Gasteiger charge is -2.21. The first-order valence-corrected chi connectivity index (χ1v) is 13.6. The Labute approximate surface area is 210 Å². The van der Waals surface area contributed by atoms with Gasteiger partial charge in [0.1, 0.15) is 0 Å². The number of hydrogen-bond donors (Lipinski definition) is 3. The van der Waals surface area contributed by atoms with Gasteiger partial charge in [0.15, 0.2) is 0 Å². The molecule has 5 rings (SSSR count). The van der Waals surface area contributed by atoms with Crippen molar-refractivity contribution in [2.75, 3.05) is 23.7 Å². The van der Waals surface area contributed by atoms with Crippen molar-refractivity contribution in [3.63, 3.8) is 0 Å². The van der Waals surface area contributed by atoms with Crippen LogP contribution in [-0.4, -0.2) is 29.1 Å². The van der Waals surface area contributed by atoms with Gasteiger partial charge >= 0.3 is 6.03 Å². The second kappa shape index (κ2) is 11.0. The molecule has 7 heteroatoms. The average molecular weight is 488 g/mol. The second-order valence-corrected chi connectivity index (χ2v) is 10.3. The first-order valence-electron chi connectivity index (χ1n) is 12.8. The van der Waals surface area contributed by atoms with Gasteiger partial charge in [-0.05, 0) is 74.8 Å². The third-order valence-electron chi connectivity index (χ3n) is 6.54. The molecule has 6 nitrogen and oxygen atoms in total. The highest BCUT2D eigenvalue weighted by molar-refractivity contribution is 7.18. The molecule has 0 aliphatic heterocycles. The van der Waals surface area contributed by atoms with Gasteiger partial charge in [0.05, 0.1) is 20.7 Å². The number of rotatable bonds is 9. The molecule has 2 heterocycles. The van der Waals surface area contributed by atoms with Gasteiger partial charge in [-0.3, -0.25) is 4.98 Å². The summed E-state index contributed by atoms with van der Waals surface area (Å²) in [6.45, 7) is 3.60. The fourth-order valence-corrected chi connectivity index (χ4v) is 5.79. The van der Waals surface area contributed by atoms with E-state index in [9.17, 15) is 4.79 Å². The number of carbonyl (C=O) groups excluding carboxylic acids is 1. The van der Waals surface area contributed by atoms with E-state index in [4.69, 9.17) is 9.97 Å². The summed E-state index contributed by atoms with van der Waals surface area (Å²) in [5, 5.41) is 12.0. The Kier molecular flexibility index (Phi) is 7.42. The van der Waals surface area contributed by atoms with Gasteiger partial charge in [0.2, 0.25) is 0 Å². The number of carbonyl (C=O) groups is 1. The van der Waals surface area contributed by atoms with E-state index in [2.05, 4.69) is 47.1 Å². The van der Waals surface area contributed by atoms with Crippen molar-refractivity contribution in [2.45, 2.75) is 58.3 Å². The topological polar surface area (TPSA) is 78.9 Å². The van der Waals surface area contributed by atoms with Crippen LogP contribution in [0.1, 0.15) is 55.3 Å². The van der Waals surface area contributed by atoms with Crippen LogP contribution < -0.4 is 16.0 Å². The average Bonchev–Trinajstić information content (AvgIpc) is 3.29. The van der Waals surface area contributed by atoms with E-state index in [1.54, 1.807) is 11.3 Å². The molecule has 0 saturated heterocycles. The van der Waals surface area contributed by atoms with Crippen molar-refractivity contribution < 1.29 is 4.79 Å². The van der Waals surface area contributed by atoms with Crippen LogP contribution in [0.15, 0.2) is 42.5 Å². The predicted molar refractivity (Wildman–Crippen MR) is 147 cm³/mol. The Bertz CT molecular complexity index is 1330. The molecule has 1 aliphatic carbocycles. The molecule has 0 saturated carbocycles. The molecule has 2 amide bonds. The van der Waals surface area contributed by atoms with Crippen molar-refractivity contribution in [2.24, 2.45) is 0 Å². The first-order chi connectivity index (χ1) is 17.2. The summed E-state index contributed by atoms with van der Waals surface area (Å²) in [6, 6.07) is 14.1. The highest BCUT2D eigenvalue weighted by atomic mass is 32.1. The Balaban J connectivity index is 1.13. The molecule has 0 bridgehead atoms. The van der Waals surface area contributed by atoms with Crippen molar-refractivity contribution in [3.05, 3.63) is 58.7 Å². The van der Waals surface area contributed by atoms with Crippen LogP contribution in [-0.2, 0) is 19.3 Å². The summed E-state index contributed by atoms with van der Waals surface area (Å²) < 4.78 is 1.12. The summed E-state index contributed by atoms with van der Waals surface area (Å²) in [5.41, 5.74) is 6.70. The lowest BCUT2D eigenvalue weighted by Crippen LogP contribution is -2.30. The van der Waals surface area contributed by atoms with Crippen LogP contribution in [0.3, 0.4) is 0 Å². The summed E-state index contributed by atoms with van der Waals surface area (Å²) >= 11 is 1.72. The van der Waals surface area contributed by atoms with E-state index < -0.39 is 0 Å². The van der Waals surface area contributed by atoms with Crippen LogP contribution in [0, 0.1) is 0 Å². The van der Waals surface area contributed by atoms with Gasteiger partial charge in [-0.1, -0.05) is 31.5 Å². The molecule has 0 radical (unpaired) electrons. The predicted octanol–water partition coefficient (Wildman–Crippen LogP) is 6.69. The van der Waals surface area contributed by atoms with E-state index >= 15 is 0 Å². The number of benzene rings is 2. The Morgan fingerprint density at radius 1 is 1.00 bits per heavy atom. The third-order valence-corrected chi connectivity index (χ3v) is 7.62. The molecule has 0 unspecified atom stereocenters. The van der Waals surface area contributed by atoms with Crippen LogP contribution >= 0.6 is 11.3 Å². The maximum atomic E-state index is 12.4. The molecule has 0 atom stereocenters. The molecule has 0 fully saturated rings. The zero-order chi connectivity index (χ0) is 24.0. The molecule has 2 aromatic heterocycles. The smallest absolute Gasteiger partial charge is 0.319 e. The normalized spacial score (nSPS) is 13.1. The second-order valence-electron chi connectivity index (χ2n) is 9.19. The van der Waals surface area contributed by atoms with Gasteiger partial charge in [-0.25, -0.2) is 9.78 Å². The molecule has 3 N–H and O–H groups in total. The number of amides is 2. The summed E-state index contributed by atoms with van der Waals surface area (Å²) in [6.07, 6.45) is 8.76. The molecule has 182 valence electrons. The minimum atomic E-state index is -0.174.